The summed E-state index contributed by atoms with van der Waals surface area (Å²) < 4.78 is 21.9. The molecule has 0 aliphatic rings. The predicted molar refractivity (Wildman–Crippen MR) is 134 cm³/mol. The Labute approximate surface area is 191 Å². The number of nitrogens with zero attached hydrogens (tertiary/aromatic N) is 1. The maximum absolute atomic E-state index is 14.1. The summed E-state index contributed by atoms with van der Waals surface area (Å²) in [6.07, 6.45) is 2.04. The molecular formula is C27H22NO2PS. The third-order valence-corrected chi connectivity index (χ3v) is 9.34. The number of rotatable bonds is 6. The van der Waals surface area contributed by atoms with Crippen molar-refractivity contribution in [2.24, 2.45) is 0 Å². The van der Waals surface area contributed by atoms with Crippen LogP contribution in [-0.4, -0.2) is 15.7 Å². The lowest BCUT2D eigenvalue weighted by Gasteiger charge is -2.23. The Bertz CT molecular complexity index is 1340. The van der Waals surface area contributed by atoms with Crippen molar-refractivity contribution in [3.63, 3.8) is 0 Å². The quantitative estimate of drug-likeness (QED) is 0.307. The van der Waals surface area contributed by atoms with Gasteiger partial charge >= 0.3 is 0 Å². The van der Waals surface area contributed by atoms with Crippen LogP contribution in [0.1, 0.15) is 0 Å². The van der Waals surface area contributed by atoms with Crippen molar-refractivity contribution in [3.05, 3.63) is 115 Å². The zero-order chi connectivity index (χ0) is 21.9. The standard InChI is InChI=1S/C27H22NO2PS/c1-30-25-19-18-21-11-8-9-16-24(21)27(25)32(29)26-17-10-20-28(26)31(22-12-4-2-5-13-22)23-14-6-3-7-15-23/h2-20H,1H3. The summed E-state index contributed by atoms with van der Waals surface area (Å²) >= 11 is 0. The molecule has 0 aliphatic carbocycles. The summed E-state index contributed by atoms with van der Waals surface area (Å²) in [4.78, 5) is 0.710. The second kappa shape index (κ2) is 9.12. The summed E-state index contributed by atoms with van der Waals surface area (Å²) in [7, 11) is -0.724. The first-order valence-electron chi connectivity index (χ1n) is 10.3. The largest absolute Gasteiger partial charge is 0.495 e. The lowest BCUT2D eigenvalue weighted by atomic mass is 10.1. The molecule has 1 heterocycles. The van der Waals surface area contributed by atoms with Gasteiger partial charge in [-0.1, -0.05) is 91.0 Å². The van der Waals surface area contributed by atoms with E-state index in [1.165, 1.54) is 10.6 Å². The van der Waals surface area contributed by atoms with Crippen LogP contribution in [0.3, 0.4) is 0 Å². The number of hydrogen-bond donors (Lipinski definition) is 0. The van der Waals surface area contributed by atoms with Crippen LogP contribution in [0.5, 0.6) is 5.75 Å². The van der Waals surface area contributed by atoms with Gasteiger partial charge in [-0.15, -0.1) is 0 Å². The van der Waals surface area contributed by atoms with Gasteiger partial charge in [0.1, 0.15) is 21.6 Å². The van der Waals surface area contributed by atoms with Crippen LogP contribution in [-0.2, 0) is 10.8 Å². The van der Waals surface area contributed by atoms with Crippen molar-refractivity contribution in [1.82, 2.24) is 4.34 Å². The van der Waals surface area contributed by atoms with Gasteiger partial charge in [0.25, 0.3) is 0 Å². The molecular weight excluding hydrogens is 433 g/mol. The Kier molecular flexibility index (Phi) is 5.89. The molecule has 1 unspecified atom stereocenters. The van der Waals surface area contributed by atoms with Crippen LogP contribution in [0.4, 0.5) is 0 Å². The lowest BCUT2D eigenvalue weighted by molar-refractivity contribution is 0.405. The summed E-state index contributed by atoms with van der Waals surface area (Å²) in [5.41, 5.74) is 0. The Morgan fingerprint density at radius 3 is 2.00 bits per heavy atom. The van der Waals surface area contributed by atoms with Crippen molar-refractivity contribution in [1.29, 1.82) is 0 Å². The topological polar surface area (TPSA) is 31.2 Å². The fraction of sp³-hybridized carbons (Fsp3) is 0.0370. The molecule has 0 fully saturated rings. The minimum Gasteiger partial charge on any atom is -0.495 e. The summed E-state index contributed by atoms with van der Waals surface area (Å²) in [6.45, 7) is 0. The molecule has 0 spiro atoms. The molecule has 0 amide bonds. The maximum Gasteiger partial charge on any atom is 0.136 e. The maximum atomic E-state index is 14.1. The van der Waals surface area contributed by atoms with Crippen molar-refractivity contribution >= 4 is 40.3 Å². The summed E-state index contributed by atoms with van der Waals surface area (Å²) in [5, 5.41) is 5.16. The third kappa shape index (κ3) is 3.77. The van der Waals surface area contributed by atoms with E-state index >= 15 is 0 Å². The molecule has 4 aromatic carbocycles. The number of benzene rings is 4. The molecule has 0 bridgehead atoms. The molecule has 5 heteroatoms. The van der Waals surface area contributed by atoms with Crippen LogP contribution < -0.4 is 15.3 Å². The van der Waals surface area contributed by atoms with Crippen molar-refractivity contribution in [2.45, 2.75) is 9.92 Å². The highest BCUT2D eigenvalue weighted by Gasteiger charge is 2.24. The average Bonchev–Trinajstić information content (AvgIpc) is 3.34. The van der Waals surface area contributed by atoms with Crippen LogP contribution in [0.2, 0.25) is 0 Å². The van der Waals surface area contributed by atoms with Gasteiger partial charge in [-0.2, -0.15) is 0 Å². The van der Waals surface area contributed by atoms with Crippen molar-refractivity contribution in [2.75, 3.05) is 7.11 Å². The van der Waals surface area contributed by atoms with Crippen LogP contribution in [0, 0.1) is 0 Å². The molecule has 0 saturated carbocycles. The molecule has 1 atom stereocenters. The monoisotopic (exact) mass is 455 g/mol. The highest BCUT2D eigenvalue weighted by molar-refractivity contribution is 7.86. The van der Waals surface area contributed by atoms with E-state index in [-0.39, 0.29) is 0 Å². The number of ether oxygens (including phenoxy) is 1. The van der Waals surface area contributed by atoms with E-state index in [1.807, 2.05) is 66.9 Å². The molecule has 0 N–H and O–H groups in total. The fourth-order valence-corrected chi connectivity index (χ4v) is 7.89. The fourth-order valence-electron chi connectivity index (χ4n) is 3.88. The van der Waals surface area contributed by atoms with Crippen molar-refractivity contribution in [3.8, 4) is 5.75 Å². The van der Waals surface area contributed by atoms with Gasteiger partial charge in [0.2, 0.25) is 0 Å². The molecule has 5 rings (SSSR count). The minimum absolute atomic E-state index is 0.638. The van der Waals surface area contributed by atoms with E-state index in [0.717, 1.165) is 15.8 Å². The van der Waals surface area contributed by atoms with Gasteiger partial charge < -0.3 is 9.07 Å². The van der Waals surface area contributed by atoms with E-state index in [1.54, 1.807) is 7.11 Å². The number of fused-ring (bicyclic) bond motifs is 1. The Morgan fingerprint density at radius 1 is 0.719 bits per heavy atom. The van der Waals surface area contributed by atoms with E-state index in [9.17, 15) is 4.21 Å². The van der Waals surface area contributed by atoms with Gasteiger partial charge in [0, 0.05) is 22.2 Å². The van der Waals surface area contributed by atoms with Gasteiger partial charge in [0.15, 0.2) is 0 Å². The Morgan fingerprint density at radius 2 is 1.34 bits per heavy atom. The normalized spacial score (nSPS) is 12.2. The Hall–Kier alpha value is -3.20. The zero-order valence-electron chi connectivity index (χ0n) is 17.6. The zero-order valence-corrected chi connectivity index (χ0v) is 19.3. The molecule has 158 valence electrons. The minimum atomic E-state index is -1.43. The van der Waals surface area contributed by atoms with Crippen LogP contribution >= 0.6 is 8.07 Å². The molecule has 0 aliphatic heterocycles. The van der Waals surface area contributed by atoms with E-state index in [2.05, 4.69) is 52.9 Å². The van der Waals surface area contributed by atoms with Crippen LogP contribution in [0.25, 0.3) is 10.8 Å². The molecule has 32 heavy (non-hydrogen) atoms. The van der Waals surface area contributed by atoms with E-state index < -0.39 is 18.9 Å². The highest BCUT2D eigenvalue weighted by Crippen LogP contribution is 2.41. The van der Waals surface area contributed by atoms with Crippen LogP contribution in [0.15, 0.2) is 125 Å². The molecule has 3 nitrogen and oxygen atoms in total. The smallest absolute Gasteiger partial charge is 0.136 e. The third-order valence-electron chi connectivity index (χ3n) is 5.35. The molecule has 5 aromatic rings. The molecule has 0 saturated heterocycles. The Balaban J connectivity index is 1.70. The average molecular weight is 456 g/mol. The van der Waals surface area contributed by atoms with Crippen molar-refractivity contribution < 1.29 is 8.95 Å². The summed E-state index contributed by atoms with van der Waals surface area (Å²) in [6, 6.07) is 36.7. The first kappa shape index (κ1) is 20.7. The van der Waals surface area contributed by atoms with Gasteiger partial charge in [-0.05, 0) is 23.6 Å². The van der Waals surface area contributed by atoms with E-state index in [0.29, 0.717) is 10.6 Å². The highest BCUT2D eigenvalue weighted by atomic mass is 32.2. The molecule has 1 aromatic heterocycles. The summed E-state index contributed by atoms with van der Waals surface area (Å²) in [5.74, 6) is 0.638. The second-order valence-corrected chi connectivity index (χ2v) is 10.7. The molecule has 0 radical (unpaired) electrons. The number of aromatic nitrogens is 1. The first-order chi connectivity index (χ1) is 15.8. The van der Waals surface area contributed by atoms with Gasteiger partial charge in [0.05, 0.1) is 20.1 Å². The first-order valence-corrected chi connectivity index (χ1v) is 12.8. The van der Waals surface area contributed by atoms with Gasteiger partial charge in [-0.25, -0.2) is 4.21 Å². The predicted octanol–water partition coefficient (Wildman–Crippen LogP) is 5.71. The number of hydrogen-bond acceptors (Lipinski definition) is 2. The lowest BCUT2D eigenvalue weighted by Crippen LogP contribution is -2.18. The van der Waals surface area contributed by atoms with E-state index in [4.69, 9.17) is 4.74 Å². The SMILES string of the molecule is COc1ccc2ccccc2c1S(=O)c1cccn1P(c1ccccc1)c1ccccc1. The van der Waals surface area contributed by atoms with Gasteiger partial charge in [-0.3, -0.25) is 0 Å². The second-order valence-electron chi connectivity index (χ2n) is 7.26. The number of methoxy groups -OCH3 is 1.